The Kier molecular flexibility index (Phi) is 11.2. The monoisotopic (exact) mass is 254 g/mol. The minimum Gasteiger partial charge on any atom is -0.393 e. The molecule has 0 heterocycles. The maximum absolute atomic E-state index is 9.34. The predicted molar refractivity (Wildman–Crippen MR) is 77.5 cm³/mol. The summed E-state index contributed by atoms with van der Waals surface area (Å²) in [4.78, 5) is 0. The quantitative estimate of drug-likeness (QED) is 0.499. The molecule has 1 N–H and O–H groups in total. The van der Waals surface area contributed by atoms with Gasteiger partial charge in [0.25, 0.3) is 0 Å². The summed E-state index contributed by atoms with van der Waals surface area (Å²) in [5, 5.41) is 9.34. The Balaban J connectivity index is 4.14. The standard InChI is InChI=1S/C16H30O2/c1-5-7-9-10-12-16(11-8-6-2)18-15(4)13-14(3)17/h14-17H,5-9,11,13H2,1-4H3/t14-,15-,16-/m1/s1. The smallest absolute Gasteiger partial charge is 0.118 e. The second kappa shape index (κ2) is 11.6. The molecule has 0 aromatic heterocycles. The first kappa shape index (κ1) is 17.5. The summed E-state index contributed by atoms with van der Waals surface area (Å²) < 4.78 is 5.91. The second-order valence-corrected chi connectivity index (χ2v) is 5.09. The SMILES string of the molecule is CCCCC#C[C@@H](CCCC)O[C@H](C)C[C@@H](C)O. The highest BCUT2D eigenvalue weighted by Gasteiger charge is 2.12. The number of rotatable bonds is 9. The summed E-state index contributed by atoms with van der Waals surface area (Å²) in [5.74, 6) is 6.46. The zero-order chi connectivity index (χ0) is 13.8. The molecule has 0 aromatic rings. The van der Waals surface area contributed by atoms with Crippen LogP contribution in [-0.2, 0) is 4.74 Å². The van der Waals surface area contributed by atoms with Crippen molar-refractivity contribution >= 4 is 0 Å². The zero-order valence-electron chi connectivity index (χ0n) is 12.5. The third-order valence-corrected chi connectivity index (χ3v) is 2.81. The molecule has 0 fully saturated rings. The van der Waals surface area contributed by atoms with Crippen LogP contribution in [0, 0.1) is 11.8 Å². The number of aliphatic hydroxyl groups excluding tert-OH is 1. The molecule has 18 heavy (non-hydrogen) atoms. The van der Waals surface area contributed by atoms with E-state index in [-0.39, 0.29) is 18.3 Å². The lowest BCUT2D eigenvalue weighted by molar-refractivity contribution is -0.00228. The summed E-state index contributed by atoms with van der Waals surface area (Å²) in [6.45, 7) is 8.17. The molecule has 0 radical (unpaired) electrons. The Labute approximate surface area is 113 Å². The van der Waals surface area contributed by atoms with Crippen molar-refractivity contribution in [2.45, 2.75) is 91.0 Å². The van der Waals surface area contributed by atoms with Crippen molar-refractivity contribution in [3.05, 3.63) is 0 Å². The summed E-state index contributed by atoms with van der Waals surface area (Å²) in [5.41, 5.74) is 0. The highest BCUT2D eigenvalue weighted by Crippen LogP contribution is 2.11. The van der Waals surface area contributed by atoms with Crippen LogP contribution in [0.15, 0.2) is 0 Å². The molecule has 0 aliphatic heterocycles. The Morgan fingerprint density at radius 1 is 1.11 bits per heavy atom. The summed E-state index contributed by atoms with van der Waals surface area (Å²) in [7, 11) is 0. The van der Waals surface area contributed by atoms with E-state index in [9.17, 15) is 5.11 Å². The molecule has 0 saturated carbocycles. The topological polar surface area (TPSA) is 29.5 Å². The first-order valence-electron chi connectivity index (χ1n) is 7.42. The predicted octanol–water partition coefficient (Wildman–Crippen LogP) is 3.91. The normalized spacial score (nSPS) is 15.6. The van der Waals surface area contributed by atoms with Gasteiger partial charge in [-0.25, -0.2) is 0 Å². The van der Waals surface area contributed by atoms with Crippen LogP contribution >= 0.6 is 0 Å². The van der Waals surface area contributed by atoms with Gasteiger partial charge in [0.15, 0.2) is 0 Å². The lowest BCUT2D eigenvalue weighted by Crippen LogP contribution is -2.22. The molecule has 0 spiro atoms. The molecule has 2 nitrogen and oxygen atoms in total. The molecule has 0 rings (SSSR count). The van der Waals surface area contributed by atoms with Gasteiger partial charge in [-0.2, -0.15) is 0 Å². The van der Waals surface area contributed by atoms with E-state index in [0.29, 0.717) is 6.42 Å². The van der Waals surface area contributed by atoms with E-state index in [4.69, 9.17) is 4.74 Å². The van der Waals surface area contributed by atoms with Crippen LogP contribution in [0.5, 0.6) is 0 Å². The van der Waals surface area contributed by atoms with E-state index in [1.807, 2.05) is 6.92 Å². The Morgan fingerprint density at radius 2 is 1.78 bits per heavy atom. The van der Waals surface area contributed by atoms with Crippen molar-refractivity contribution in [3.8, 4) is 11.8 Å². The van der Waals surface area contributed by atoms with Crippen LogP contribution in [-0.4, -0.2) is 23.4 Å². The molecule has 0 unspecified atom stereocenters. The Bertz CT molecular complexity index is 237. The lowest BCUT2D eigenvalue weighted by Gasteiger charge is -2.19. The van der Waals surface area contributed by atoms with Gasteiger partial charge in [-0.1, -0.05) is 39.0 Å². The van der Waals surface area contributed by atoms with Crippen molar-refractivity contribution in [3.63, 3.8) is 0 Å². The molecule has 0 aliphatic rings. The fourth-order valence-corrected chi connectivity index (χ4v) is 1.83. The molecule has 0 amide bonds. The molecule has 2 heteroatoms. The van der Waals surface area contributed by atoms with Crippen molar-refractivity contribution in [1.29, 1.82) is 0 Å². The third kappa shape index (κ3) is 10.6. The largest absolute Gasteiger partial charge is 0.393 e. The van der Waals surface area contributed by atoms with E-state index < -0.39 is 0 Å². The first-order chi connectivity index (χ1) is 8.60. The highest BCUT2D eigenvalue weighted by molar-refractivity contribution is 5.05. The van der Waals surface area contributed by atoms with Crippen molar-refractivity contribution in [2.75, 3.05) is 0 Å². The van der Waals surface area contributed by atoms with Crippen molar-refractivity contribution in [2.24, 2.45) is 0 Å². The van der Waals surface area contributed by atoms with Gasteiger partial charge in [0.05, 0.1) is 12.2 Å². The van der Waals surface area contributed by atoms with Crippen LogP contribution in [0.1, 0.15) is 72.6 Å². The molecular weight excluding hydrogens is 224 g/mol. The molecule has 0 aliphatic carbocycles. The minimum atomic E-state index is -0.306. The number of hydrogen-bond acceptors (Lipinski definition) is 2. The van der Waals surface area contributed by atoms with Gasteiger partial charge >= 0.3 is 0 Å². The first-order valence-corrected chi connectivity index (χ1v) is 7.42. The molecule has 0 saturated heterocycles. The zero-order valence-corrected chi connectivity index (χ0v) is 12.5. The molecule has 0 aromatic carbocycles. The fraction of sp³-hybridized carbons (Fsp3) is 0.875. The van der Waals surface area contributed by atoms with Crippen LogP contribution < -0.4 is 0 Å². The molecule has 0 bridgehead atoms. The second-order valence-electron chi connectivity index (χ2n) is 5.09. The van der Waals surface area contributed by atoms with Crippen LogP contribution in [0.25, 0.3) is 0 Å². The third-order valence-electron chi connectivity index (χ3n) is 2.81. The Morgan fingerprint density at radius 3 is 2.33 bits per heavy atom. The summed E-state index contributed by atoms with van der Waals surface area (Å²) in [6, 6.07) is 0. The van der Waals surface area contributed by atoms with Gasteiger partial charge in [-0.3, -0.25) is 0 Å². The fourth-order valence-electron chi connectivity index (χ4n) is 1.83. The van der Waals surface area contributed by atoms with Gasteiger partial charge in [0.1, 0.15) is 6.10 Å². The van der Waals surface area contributed by atoms with Crippen LogP contribution in [0.3, 0.4) is 0 Å². The maximum atomic E-state index is 9.34. The van der Waals surface area contributed by atoms with Gasteiger partial charge in [-0.15, -0.1) is 5.92 Å². The van der Waals surface area contributed by atoms with E-state index in [1.165, 1.54) is 12.8 Å². The number of hydrogen-bond donors (Lipinski definition) is 1. The number of ether oxygens (including phenoxy) is 1. The summed E-state index contributed by atoms with van der Waals surface area (Å²) >= 11 is 0. The summed E-state index contributed by atoms with van der Waals surface area (Å²) in [6.07, 6.45) is 7.12. The Hall–Kier alpha value is -0.520. The lowest BCUT2D eigenvalue weighted by atomic mass is 10.1. The average molecular weight is 254 g/mol. The van der Waals surface area contributed by atoms with E-state index in [1.54, 1.807) is 6.92 Å². The molecule has 106 valence electrons. The van der Waals surface area contributed by atoms with Gasteiger partial charge in [0.2, 0.25) is 0 Å². The number of aliphatic hydroxyl groups is 1. The number of unbranched alkanes of at least 4 members (excludes halogenated alkanes) is 3. The van der Waals surface area contributed by atoms with Crippen LogP contribution in [0.4, 0.5) is 0 Å². The van der Waals surface area contributed by atoms with Gasteiger partial charge in [0, 0.05) is 6.42 Å². The van der Waals surface area contributed by atoms with Gasteiger partial charge < -0.3 is 9.84 Å². The molecular formula is C16H30O2. The van der Waals surface area contributed by atoms with E-state index in [2.05, 4.69) is 25.7 Å². The average Bonchev–Trinajstić information content (AvgIpc) is 2.30. The van der Waals surface area contributed by atoms with Crippen molar-refractivity contribution in [1.82, 2.24) is 0 Å². The van der Waals surface area contributed by atoms with Crippen molar-refractivity contribution < 1.29 is 9.84 Å². The highest BCUT2D eigenvalue weighted by atomic mass is 16.5. The van der Waals surface area contributed by atoms with E-state index in [0.717, 1.165) is 25.7 Å². The van der Waals surface area contributed by atoms with Gasteiger partial charge in [-0.05, 0) is 33.1 Å². The van der Waals surface area contributed by atoms with Crippen LogP contribution in [0.2, 0.25) is 0 Å². The maximum Gasteiger partial charge on any atom is 0.118 e. The van der Waals surface area contributed by atoms with E-state index >= 15 is 0 Å². The minimum absolute atomic E-state index is 0.0376. The molecule has 3 atom stereocenters.